The van der Waals surface area contributed by atoms with Gasteiger partial charge >= 0.3 is 0 Å². The molecule has 0 saturated carbocycles. The number of aromatic nitrogens is 4. The Kier molecular flexibility index (Phi) is 8.49. The van der Waals surface area contributed by atoms with Gasteiger partial charge in [0.2, 0.25) is 11.6 Å². The predicted octanol–water partition coefficient (Wildman–Crippen LogP) is 5.33. The van der Waals surface area contributed by atoms with Crippen molar-refractivity contribution in [3.63, 3.8) is 0 Å². The Hall–Kier alpha value is -4.51. The summed E-state index contributed by atoms with van der Waals surface area (Å²) in [7, 11) is -1.18. The van der Waals surface area contributed by atoms with E-state index in [1.165, 1.54) is 26.6 Å². The summed E-state index contributed by atoms with van der Waals surface area (Å²) in [6.45, 7) is 1.91. The highest BCUT2D eigenvalue weighted by molar-refractivity contribution is 7.96. The van der Waals surface area contributed by atoms with Crippen LogP contribution in [0.2, 0.25) is 0 Å². The summed E-state index contributed by atoms with van der Waals surface area (Å²) in [6.07, 6.45) is 5.61. The number of ether oxygens (including phenoxy) is 3. The van der Waals surface area contributed by atoms with Crippen molar-refractivity contribution in [1.29, 1.82) is 0 Å². The van der Waals surface area contributed by atoms with Crippen LogP contribution in [-0.4, -0.2) is 42.6 Å². The molecule has 2 aromatic heterocycles. The van der Waals surface area contributed by atoms with Crippen molar-refractivity contribution in [1.82, 2.24) is 19.9 Å². The number of nitrogens with zero attached hydrogens (tertiary/aromatic N) is 4. The molecule has 0 aliphatic rings. The van der Waals surface area contributed by atoms with E-state index in [9.17, 15) is 8.42 Å². The monoisotopic (exact) mass is 533 g/mol. The molecule has 2 aromatic carbocycles. The Labute approximate surface area is 221 Å². The largest absolute Gasteiger partial charge is 0.493 e. The molecule has 4 aromatic rings. The normalized spacial score (nSPS) is 11.6. The molecule has 0 aliphatic carbocycles. The van der Waals surface area contributed by atoms with Crippen LogP contribution in [0, 0.1) is 0 Å². The molecule has 1 N–H and O–H groups in total. The smallest absolute Gasteiger partial charge is 0.263 e. The molecule has 0 fully saturated rings. The average Bonchev–Trinajstić information content (AvgIpc) is 2.94. The molecule has 38 heavy (non-hydrogen) atoms. The number of nitrogens with one attached hydrogen (secondary N) is 1. The second kappa shape index (κ2) is 12.2. The van der Waals surface area contributed by atoms with Crippen LogP contribution in [-0.2, 0) is 10.0 Å². The molecule has 0 amide bonds. The number of sulfonamides is 1. The van der Waals surface area contributed by atoms with E-state index in [0.29, 0.717) is 24.3 Å². The zero-order valence-electron chi connectivity index (χ0n) is 21.2. The second-order valence-electron chi connectivity index (χ2n) is 7.94. The zero-order valence-corrected chi connectivity index (χ0v) is 22.0. The third-order valence-electron chi connectivity index (χ3n) is 5.27. The lowest BCUT2D eigenvalue weighted by atomic mass is 10.2. The Bertz CT molecular complexity index is 1510. The topological polar surface area (TPSA) is 125 Å². The van der Waals surface area contributed by atoms with Crippen LogP contribution in [0.1, 0.15) is 25.3 Å². The van der Waals surface area contributed by atoms with Gasteiger partial charge in [-0.05, 0) is 36.3 Å². The van der Waals surface area contributed by atoms with Gasteiger partial charge in [0, 0.05) is 12.4 Å². The van der Waals surface area contributed by atoms with Crippen LogP contribution in [0.15, 0.2) is 78.0 Å². The molecule has 0 radical (unpaired) electrons. The van der Waals surface area contributed by atoms with Gasteiger partial charge in [-0.25, -0.2) is 23.4 Å². The van der Waals surface area contributed by atoms with Crippen molar-refractivity contribution in [2.45, 2.75) is 19.8 Å². The number of rotatable bonds is 11. The number of para-hydroxylation sites is 2. The van der Waals surface area contributed by atoms with Crippen LogP contribution < -0.4 is 18.9 Å². The fourth-order valence-corrected chi connectivity index (χ4v) is 4.80. The summed E-state index contributed by atoms with van der Waals surface area (Å²) >= 11 is 0. The first-order chi connectivity index (χ1) is 18.4. The molecule has 0 spiro atoms. The van der Waals surface area contributed by atoms with E-state index in [1.54, 1.807) is 36.4 Å². The lowest BCUT2D eigenvalue weighted by Crippen LogP contribution is -2.18. The molecule has 2 heterocycles. The quantitative estimate of drug-likeness (QED) is 0.272. The standard InChI is InChI=1S/C27H27N5O5S/c1-4-11-20(18-19-12-6-5-7-13-19)38(33,34)32-24-23(37-22-15-9-8-14-21(22)35-2)27(36-3)31-26(30-24)25-28-16-10-17-29-25/h5-10,12-18H,4,11H2,1-3H3,(H,30,31,32)/b20-18+. The number of hydrogen-bond acceptors (Lipinski definition) is 9. The Morgan fingerprint density at radius 1 is 0.868 bits per heavy atom. The molecule has 0 saturated heterocycles. The Balaban J connectivity index is 1.85. The van der Waals surface area contributed by atoms with E-state index < -0.39 is 10.0 Å². The van der Waals surface area contributed by atoms with Crippen molar-refractivity contribution in [3.8, 4) is 34.8 Å². The van der Waals surface area contributed by atoms with Crippen molar-refractivity contribution >= 4 is 21.9 Å². The highest BCUT2D eigenvalue weighted by Gasteiger charge is 2.26. The van der Waals surface area contributed by atoms with Gasteiger partial charge in [-0.3, -0.25) is 4.72 Å². The van der Waals surface area contributed by atoms with Gasteiger partial charge in [-0.2, -0.15) is 4.98 Å². The number of hydrogen-bond donors (Lipinski definition) is 1. The molecule has 4 rings (SSSR count). The second-order valence-corrected chi connectivity index (χ2v) is 9.67. The lowest BCUT2D eigenvalue weighted by molar-refractivity contribution is 0.348. The van der Waals surface area contributed by atoms with E-state index in [0.717, 1.165) is 5.56 Å². The lowest BCUT2D eigenvalue weighted by Gasteiger charge is -2.18. The molecule has 10 nitrogen and oxygen atoms in total. The maximum absolute atomic E-state index is 13.7. The van der Waals surface area contributed by atoms with Crippen molar-refractivity contribution < 1.29 is 22.6 Å². The van der Waals surface area contributed by atoms with Crippen LogP contribution in [0.5, 0.6) is 23.1 Å². The molecular weight excluding hydrogens is 506 g/mol. The number of anilines is 1. The average molecular weight is 534 g/mol. The molecule has 11 heteroatoms. The van der Waals surface area contributed by atoms with Gasteiger partial charge in [0.05, 0.1) is 19.1 Å². The number of methoxy groups -OCH3 is 2. The fraction of sp³-hybridized carbons (Fsp3) is 0.185. The zero-order chi connectivity index (χ0) is 27.0. The molecule has 196 valence electrons. The predicted molar refractivity (Wildman–Crippen MR) is 145 cm³/mol. The third-order valence-corrected chi connectivity index (χ3v) is 6.75. The summed E-state index contributed by atoms with van der Waals surface area (Å²) in [6, 6.07) is 17.8. The van der Waals surface area contributed by atoms with Crippen LogP contribution >= 0.6 is 0 Å². The van der Waals surface area contributed by atoms with Gasteiger partial charge in [0.15, 0.2) is 23.1 Å². The van der Waals surface area contributed by atoms with E-state index in [1.807, 2.05) is 37.3 Å². The summed E-state index contributed by atoms with van der Waals surface area (Å²) in [5.41, 5.74) is 0.755. The minimum absolute atomic E-state index is 0.0184. The summed E-state index contributed by atoms with van der Waals surface area (Å²) in [5.74, 6) is 0.774. The highest BCUT2D eigenvalue weighted by atomic mass is 32.2. The van der Waals surface area contributed by atoms with Crippen molar-refractivity contribution in [2.75, 3.05) is 18.9 Å². The van der Waals surface area contributed by atoms with Crippen molar-refractivity contribution in [3.05, 3.63) is 83.5 Å². The van der Waals surface area contributed by atoms with Crippen molar-refractivity contribution in [2.24, 2.45) is 0 Å². The van der Waals surface area contributed by atoms with Crippen LogP contribution in [0.3, 0.4) is 0 Å². The van der Waals surface area contributed by atoms with Gasteiger partial charge in [-0.15, -0.1) is 0 Å². The SMILES string of the molecule is CCC/C(=C\c1ccccc1)S(=O)(=O)Nc1nc(-c2ncccn2)nc(OC)c1Oc1ccccc1OC. The van der Waals surface area contributed by atoms with Crippen LogP contribution in [0.25, 0.3) is 17.7 Å². The minimum Gasteiger partial charge on any atom is -0.493 e. The maximum atomic E-state index is 13.7. The first-order valence-corrected chi connectivity index (χ1v) is 13.3. The van der Waals surface area contributed by atoms with Gasteiger partial charge in [0.1, 0.15) is 0 Å². The molecule has 0 aliphatic heterocycles. The first kappa shape index (κ1) is 26.6. The fourth-order valence-electron chi connectivity index (χ4n) is 3.52. The first-order valence-electron chi connectivity index (χ1n) is 11.8. The molecular formula is C27H27N5O5S. The van der Waals surface area contributed by atoms with Gasteiger partial charge in [-0.1, -0.05) is 55.8 Å². The van der Waals surface area contributed by atoms with E-state index in [4.69, 9.17) is 14.2 Å². The highest BCUT2D eigenvalue weighted by Crippen LogP contribution is 2.41. The minimum atomic E-state index is -4.08. The molecule has 0 atom stereocenters. The maximum Gasteiger partial charge on any atom is 0.263 e. The number of benzene rings is 2. The van der Waals surface area contributed by atoms with Gasteiger partial charge < -0.3 is 14.2 Å². The van der Waals surface area contributed by atoms with E-state index in [2.05, 4.69) is 24.7 Å². The van der Waals surface area contributed by atoms with E-state index >= 15 is 0 Å². The summed E-state index contributed by atoms with van der Waals surface area (Å²) in [4.78, 5) is 17.4. The Morgan fingerprint density at radius 3 is 2.21 bits per heavy atom. The third kappa shape index (κ3) is 6.24. The van der Waals surface area contributed by atoms with Crippen LogP contribution in [0.4, 0.5) is 5.82 Å². The molecule has 0 unspecified atom stereocenters. The molecule has 0 bridgehead atoms. The summed E-state index contributed by atoms with van der Waals surface area (Å²) in [5, 5.41) is 0. The van der Waals surface area contributed by atoms with E-state index in [-0.39, 0.29) is 34.0 Å². The summed E-state index contributed by atoms with van der Waals surface area (Å²) < 4.78 is 46.9. The Morgan fingerprint density at radius 2 is 1.55 bits per heavy atom. The number of allylic oxidation sites excluding steroid dienone is 1. The van der Waals surface area contributed by atoms with Gasteiger partial charge in [0.25, 0.3) is 15.9 Å².